The lowest BCUT2D eigenvalue weighted by Crippen LogP contribution is -2.34. The van der Waals surface area contributed by atoms with Crippen molar-refractivity contribution in [3.05, 3.63) is 60.2 Å². The van der Waals surface area contributed by atoms with Crippen molar-refractivity contribution in [2.24, 2.45) is 0 Å². The number of para-hydroxylation sites is 1. The van der Waals surface area contributed by atoms with Crippen LogP contribution in [-0.4, -0.2) is 51.3 Å². The monoisotopic (exact) mass is 370 g/mol. The van der Waals surface area contributed by atoms with Crippen LogP contribution in [0.3, 0.4) is 0 Å². The second-order valence-electron chi connectivity index (χ2n) is 5.89. The fourth-order valence-electron chi connectivity index (χ4n) is 2.38. The molecule has 27 heavy (non-hydrogen) atoms. The van der Waals surface area contributed by atoms with Gasteiger partial charge in [-0.25, -0.2) is 13.9 Å². The Balaban J connectivity index is 1.57. The zero-order valence-corrected chi connectivity index (χ0v) is 15.0. The van der Waals surface area contributed by atoms with Gasteiger partial charge >= 0.3 is 6.03 Å². The predicted octanol–water partition coefficient (Wildman–Crippen LogP) is 2.65. The Morgan fingerprint density at radius 3 is 2.85 bits per heavy atom. The summed E-state index contributed by atoms with van der Waals surface area (Å²) >= 11 is 0. The number of urea groups is 1. The molecule has 0 fully saturated rings. The minimum Gasteiger partial charge on any atom is -0.489 e. The number of rotatable bonds is 6. The summed E-state index contributed by atoms with van der Waals surface area (Å²) in [4.78, 5) is 13.8. The number of likely N-dealkylation sites (N-methyl/N-ethyl adjacent to an activating group) is 1. The van der Waals surface area contributed by atoms with E-state index in [-0.39, 0.29) is 18.4 Å². The first-order valence-corrected chi connectivity index (χ1v) is 8.28. The molecule has 0 bridgehead atoms. The maximum atomic E-state index is 13.5. The van der Waals surface area contributed by atoms with E-state index in [0.717, 1.165) is 11.3 Å². The van der Waals surface area contributed by atoms with Crippen molar-refractivity contribution in [3.63, 3.8) is 0 Å². The Morgan fingerprint density at radius 1 is 1.30 bits per heavy atom. The number of carbonyl (C=O) groups excluding carboxylic acids is 1. The zero-order valence-electron chi connectivity index (χ0n) is 15.0. The number of tetrazole rings is 1. The lowest BCUT2D eigenvalue weighted by molar-refractivity contribution is 0.206. The second-order valence-corrected chi connectivity index (χ2v) is 5.89. The Kier molecular flexibility index (Phi) is 5.60. The largest absolute Gasteiger partial charge is 0.489 e. The van der Waals surface area contributed by atoms with Crippen LogP contribution in [-0.2, 0) is 0 Å². The molecule has 0 spiro atoms. The standard InChI is InChI=1S/C18H19FN6O2/c1-13-7-8-14(11-16(13)25-12-20-22-23-25)21-18(26)24(2)9-10-27-17-6-4-3-5-15(17)19/h3-8,11-12H,9-10H2,1-2H3,(H,21,26). The topological polar surface area (TPSA) is 85.2 Å². The smallest absolute Gasteiger partial charge is 0.321 e. The molecule has 0 aliphatic heterocycles. The van der Waals surface area contributed by atoms with Gasteiger partial charge in [0.25, 0.3) is 0 Å². The molecule has 0 radical (unpaired) electrons. The van der Waals surface area contributed by atoms with Crippen molar-refractivity contribution in [2.45, 2.75) is 6.92 Å². The maximum Gasteiger partial charge on any atom is 0.321 e. The first-order chi connectivity index (χ1) is 13.0. The fourth-order valence-corrected chi connectivity index (χ4v) is 2.38. The van der Waals surface area contributed by atoms with Gasteiger partial charge in [0.1, 0.15) is 12.9 Å². The third-order valence-corrected chi connectivity index (χ3v) is 3.92. The molecule has 140 valence electrons. The number of nitrogens with one attached hydrogen (secondary N) is 1. The number of benzene rings is 2. The number of hydrogen-bond donors (Lipinski definition) is 1. The highest BCUT2D eigenvalue weighted by Crippen LogP contribution is 2.19. The minimum absolute atomic E-state index is 0.163. The predicted molar refractivity (Wildman–Crippen MR) is 97.4 cm³/mol. The number of halogens is 1. The summed E-state index contributed by atoms with van der Waals surface area (Å²) in [5.74, 6) is -0.268. The maximum absolute atomic E-state index is 13.5. The molecule has 1 aromatic heterocycles. The highest BCUT2D eigenvalue weighted by molar-refractivity contribution is 5.89. The first-order valence-electron chi connectivity index (χ1n) is 8.28. The van der Waals surface area contributed by atoms with E-state index < -0.39 is 5.82 Å². The molecule has 0 aliphatic rings. The van der Waals surface area contributed by atoms with Gasteiger partial charge in [-0.2, -0.15) is 0 Å². The van der Waals surface area contributed by atoms with Crippen molar-refractivity contribution >= 4 is 11.7 Å². The van der Waals surface area contributed by atoms with E-state index in [2.05, 4.69) is 20.8 Å². The van der Waals surface area contributed by atoms with Gasteiger partial charge in [-0.05, 0) is 47.2 Å². The Bertz CT molecular complexity index is 916. The van der Waals surface area contributed by atoms with E-state index in [1.165, 1.54) is 22.0 Å². The molecule has 1 heterocycles. The Morgan fingerprint density at radius 2 is 2.11 bits per heavy atom. The van der Waals surface area contributed by atoms with Crippen molar-refractivity contribution in [1.29, 1.82) is 0 Å². The lowest BCUT2D eigenvalue weighted by Gasteiger charge is -2.19. The van der Waals surface area contributed by atoms with Gasteiger partial charge in [-0.3, -0.25) is 0 Å². The molecule has 2 amide bonds. The van der Waals surface area contributed by atoms with Gasteiger partial charge < -0.3 is 15.0 Å². The average Bonchev–Trinajstić information content (AvgIpc) is 3.19. The summed E-state index contributed by atoms with van der Waals surface area (Å²) in [7, 11) is 1.64. The van der Waals surface area contributed by atoms with E-state index in [9.17, 15) is 9.18 Å². The fraction of sp³-hybridized carbons (Fsp3) is 0.222. The van der Waals surface area contributed by atoms with E-state index >= 15 is 0 Å². The normalized spacial score (nSPS) is 10.5. The summed E-state index contributed by atoms with van der Waals surface area (Å²) in [6.07, 6.45) is 1.49. The van der Waals surface area contributed by atoms with Crippen LogP contribution in [0.4, 0.5) is 14.9 Å². The van der Waals surface area contributed by atoms with Gasteiger partial charge in [0.15, 0.2) is 11.6 Å². The van der Waals surface area contributed by atoms with Crippen LogP contribution in [0, 0.1) is 12.7 Å². The third kappa shape index (κ3) is 4.57. The van der Waals surface area contributed by atoms with Crippen LogP contribution >= 0.6 is 0 Å². The zero-order chi connectivity index (χ0) is 19.2. The van der Waals surface area contributed by atoms with E-state index in [4.69, 9.17) is 4.74 Å². The number of amides is 2. The van der Waals surface area contributed by atoms with E-state index in [1.54, 1.807) is 37.4 Å². The molecule has 0 saturated heterocycles. The molecular weight excluding hydrogens is 351 g/mol. The summed E-state index contributed by atoms with van der Waals surface area (Å²) < 4.78 is 20.4. The molecular formula is C18H19FN6O2. The molecule has 1 N–H and O–H groups in total. The van der Waals surface area contributed by atoms with Gasteiger partial charge in [0.2, 0.25) is 0 Å². The molecule has 3 rings (SSSR count). The summed E-state index contributed by atoms with van der Waals surface area (Å²) in [6.45, 7) is 2.40. The van der Waals surface area contributed by atoms with Crippen LogP contribution in [0.1, 0.15) is 5.56 Å². The average molecular weight is 370 g/mol. The molecule has 8 nitrogen and oxygen atoms in total. The summed E-state index contributed by atoms with van der Waals surface area (Å²) in [5, 5.41) is 13.9. The number of carbonyl (C=O) groups is 1. The summed E-state index contributed by atoms with van der Waals surface area (Å²) in [6, 6.07) is 11.3. The van der Waals surface area contributed by atoms with Crippen LogP contribution < -0.4 is 10.1 Å². The minimum atomic E-state index is -0.431. The Hall–Kier alpha value is -3.49. The number of aromatic nitrogens is 4. The van der Waals surface area contributed by atoms with Gasteiger partial charge in [0.05, 0.1) is 12.2 Å². The molecule has 2 aromatic carbocycles. The SMILES string of the molecule is Cc1ccc(NC(=O)N(C)CCOc2ccccc2F)cc1-n1cnnn1. The molecule has 0 saturated carbocycles. The molecule has 0 unspecified atom stereocenters. The lowest BCUT2D eigenvalue weighted by atomic mass is 10.2. The summed E-state index contributed by atoms with van der Waals surface area (Å²) in [5.41, 5.74) is 2.34. The van der Waals surface area contributed by atoms with Gasteiger partial charge in [0, 0.05) is 12.7 Å². The Labute approximate surface area is 155 Å². The first kappa shape index (κ1) is 18.3. The van der Waals surface area contributed by atoms with Crippen LogP contribution in [0.5, 0.6) is 5.75 Å². The highest BCUT2D eigenvalue weighted by atomic mass is 19.1. The van der Waals surface area contributed by atoms with E-state index in [1.807, 2.05) is 13.0 Å². The molecule has 3 aromatic rings. The molecule has 0 aliphatic carbocycles. The van der Waals surface area contributed by atoms with Crippen LogP contribution in [0.15, 0.2) is 48.8 Å². The number of nitrogens with zero attached hydrogens (tertiary/aromatic N) is 5. The number of ether oxygens (including phenoxy) is 1. The van der Waals surface area contributed by atoms with Crippen molar-refractivity contribution in [3.8, 4) is 11.4 Å². The number of hydrogen-bond acceptors (Lipinski definition) is 5. The van der Waals surface area contributed by atoms with Crippen molar-refractivity contribution in [2.75, 3.05) is 25.5 Å². The number of aryl methyl sites for hydroxylation is 1. The van der Waals surface area contributed by atoms with Gasteiger partial charge in [-0.15, -0.1) is 5.10 Å². The van der Waals surface area contributed by atoms with Crippen molar-refractivity contribution in [1.82, 2.24) is 25.1 Å². The van der Waals surface area contributed by atoms with E-state index in [0.29, 0.717) is 12.2 Å². The van der Waals surface area contributed by atoms with Crippen LogP contribution in [0.25, 0.3) is 5.69 Å². The molecule has 9 heteroatoms. The quantitative estimate of drug-likeness (QED) is 0.721. The third-order valence-electron chi connectivity index (χ3n) is 3.92. The van der Waals surface area contributed by atoms with Gasteiger partial charge in [-0.1, -0.05) is 18.2 Å². The number of anilines is 1. The highest BCUT2D eigenvalue weighted by Gasteiger charge is 2.11. The second kappa shape index (κ2) is 8.26. The van der Waals surface area contributed by atoms with Crippen molar-refractivity contribution < 1.29 is 13.9 Å². The molecule has 0 atom stereocenters. The van der Waals surface area contributed by atoms with Crippen LogP contribution in [0.2, 0.25) is 0 Å².